The molecule has 1 fully saturated rings. The van der Waals surface area contributed by atoms with Crippen molar-refractivity contribution in [3.63, 3.8) is 0 Å². The lowest BCUT2D eigenvalue weighted by atomic mass is 9.95. The minimum atomic E-state index is -1.29. The molecule has 16 heavy (non-hydrogen) atoms. The topological polar surface area (TPSA) is 23.5 Å². The molecule has 1 rings (SSSR count). The molecular weight excluding hydrogens is 205 g/mol. The molecule has 0 aromatic carbocycles. The first kappa shape index (κ1) is 18.2. The number of hydrogen-bond acceptors (Lipinski definition) is 2. The van der Waals surface area contributed by atoms with Crippen molar-refractivity contribution in [2.45, 2.75) is 53.1 Å². The van der Waals surface area contributed by atoms with E-state index in [9.17, 15) is 4.39 Å². The van der Waals surface area contributed by atoms with Crippen LogP contribution in [0.25, 0.3) is 0 Å². The van der Waals surface area contributed by atoms with Crippen LogP contribution >= 0.6 is 0 Å². The number of hydrogen-bond donors (Lipinski definition) is 1. The van der Waals surface area contributed by atoms with Gasteiger partial charge in [0.15, 0.2) is 0 Å². The number of aliphatic hydroxyl groups is 1. The van der Waals surface area contributed by atoms with Crippen LogP contribution in [0.1, 0.15) is 47.5 Å². The largest absolute Gasteiger partial charge is 0.393 e. The van der Waals surface area contributed by atoms with Crippen LogP contribution < -0.4 is 0 Å². The fourth-order valence-electron chi connectivity index (χ4n) is 1.18. The standard InChI is InChI=1S/C7H14FNO.C4H10.C2H6/c1-9-4-2-7(8,6-10)3-5-9;1-4(2)3;1-2/h10H,2-6H2,1H3;4H,1-3H3;1-2H3. The minimum Gasteiger partial charge on any atom is -0.393 e. The van der Waals surface area contributed by atoms with Crippen LogP contribution in [0.4, 0.5) is 4.39 Å². The Labute approximate surface area is 101 Å². The van der Waals surface area contributed by atoms with Crippen molar-refractivity contribution in [2.75, 3.05) is 26.7 Å². The first-order chi connectivity index (χ1) is 7.39. The molecule has 1 N–H and O–H groups in total. The van der Waals surface area contributed by atoms with Crippen molar-refractivity contribution < 1.29 is 9.50 Å². The van der Waals surface area contributed by atoms with Gasteiger partial charge in [-0.05, 0) is 25.8 Å². The molecule has 1 heterocycles. The van der Waals surface area contributed by atoms with E-state index < -0.39 is 5.67 Å². The minimum absolute atomic E-state index is 0.319. The van der Waals surface area contributed by atoms with E-state index in [0.717, 1.165) is 19.0 Å². The van der Waals surface area contributed by atoms with Gasteiger partial charge in [-0.15, -0.1) is 0 Å². The maximum atomic E-state index is 13.2. The van der Waals surface area contributed by atoms with E-state index in [2.05, 4.69) is 25.7 Å². The molecule has 0 atom stereocenters. The SMILES string of the molecule is CC.CC(C)C.CN1CCC(F)(CO)CC1. The number of aliphatic hydroxyl groups excluding tert-OH is 1. The van der Waals surface area contributed by atoms with Gasteiger partial charge >= 0.3 is 0 Å². The second-order valence-corrected chi connectivity index (χ2v) is 4.84. The summed E-state index contributed by atoms with van der Waals surface area (Å²) in [7, 11) is 1.97. The Bertz CT molecular complexity index is 140. The molecule has 0 aliphatic carbocycles. The van der Waals surface area contributed by atoms with Crippen LogP contribution in [-0.4, -0.2) is 42.4 Å². The molecule has 3 heteroatoms. The zero-order valence-corrected chi connectivity index (χ0v) is 11.9. The number of halogens is 1. The van der Waals surface area contributed by atoms with Crippen molar-refractivity contribution in [1.29, 1.82) is 0 Å². The fourth-order valence-corrected chi connectivity index (χ4v) is 1.18. The molecular formula is C13H30FNO. The second-order valence-electron chi connectivity index (χ2n) is 4.84. The number of likely N-dealkylation sites (tertiary alicyclic amines) is 1. The van der Waals surface area contributed by atoms with Crippen LogP contribution in [0.15, 0.2) is 0 Å². The lowest BCUT2D eigenvalue weighted by Gasteiger charge is -2.32. The molecule has 0 bridgehead atoms. The maximum Gasteiger partial charge on any atom is 0.136 e. The van der Waals surface area contributed by atoms with Gasteiger partial charge < -0.3 is 10.0 Å². The zero-order valence-electron chi connectivity index (χ0n) is 11.9. The molecule has 1 aliphatic heterocycles. The van der Waals surface area contributed by atoms with Gasteiger partial charge in [0.2, 0.25) is 0 Å². The molecule has 0 spiro atoms. The third-order valence-corrected chi connectivity index (χ3v) is 2.17. The average Bonchev–Trinajstić information content (AvgIpc) is 2.25. The van der Waals surface area contributed by atoms with E-state index in [4.69, 9.17) is 5.11 Å². The van der Waals surface area contributed by atoms with Crippen molar-refractivity contribution in [2.24, 2.45) is 5.92 Å². The van der Waals surface area contributed by atoms with E-state index in [1.54, 1.807) is 0 Å². The Kier molecular flexibility index (Phi) is 11.4. The smallest absolute Gasteiger partial charge is 0.136 e. The van der Waals surface area contributed by atoms with Gasteiger partial charge in [0, 0.05) is 13.1 Å². The van der Waals surface area contributed by atoms with Crippen molar-refractivity contribution in [3.8, 4) is 0 Å². The van der Waals surface area contributed by atoms with E-state index >= 15 is 0 Å². The van der Waals surface area contributed by atoms with Gasteiger partial charge in [0.1, 0.15) is 5.67 Å². The van der Waals surface area contributed by atoms with Gasteiger partial charge in [0.05, 0.1) is 6.61 Å². The van der Waals surface area contributed by atoms with E-state index in [1.807, 2.05) is 20.9 Å². The molecule has 0 unspecified atom stereocenters. The molecule has 1 saturated heterocycles. The summed E-state index contributed by atoms with van der Waals surface area (Å²) in [4.78, 5) is 2.08. The summed E-state index contributed by atoms with van der Waals surface area (Å²) in [5.41, 5.74) is -1.29. The summed E-state index contributed by atoms with van der Waals surface area (Å²) >= 11 is 0. The number of rotatable bonds is 1. The Morgan fingerprint density at radius 1 is 1.19 bits per heavy atom. The van der Waals surface area contributed by atoms with Crippen LogP contribution in [0.2, 0.25) is 0 Å². The highest BCUT2D eigenvalue weighted by Crippen LogP contribution is 2.24. The monoisotopic (exact) mass is 235 g/mol. The number of piperidine rings is 1. The van der Waals surface area contributed by atoms with Crippen LogP contribution in [-0.2, 0) is 0 Å². The van der Waals surface area contributed by atoms with Crippen molar-refractivity contribution >= 4 is 0 Å². The zero-order chi connectivity index (χ0) is 13.2. The fraction of sp³-hybridized carbons (Fsp3) is 1.00. The van der Waals surface area contributed by atoms with Gasteiger partial charge in [-0.25, -0.2) is 4.39 Å². The summed E-state index contributed by atoms with van der Waals surface area (Å²) in [6, 6.07) is 0. The number of nitrogens with zero attached hydrogens (tertiary/aromatic N) is 1. The molecule has 100 valence electrons. The molecule has 0 amide bonds. The van der Waals surface area contributed by atoms with Crippen molar-refractivity contribution in [3.05, 3.63) is 0 Å². The Morgan fingerprint density at radius 2 is 1.50 bits per heavy atom. The van der Waals surface area contributed by atoms with Crippen LogP contribution in [0.3, 0.4) is 0 Å². The summed E-state index contributed by atoms with van der Waals surface area (Å²) in [5.74, 6) is 0.833. The van der Waals surface area contributed by atoms with Crippen molar-refractivity contribution in [1.82, 2.24) is 4.90 Å². The Balaban J connectivity index is 0. The summed E-state index contributed by atoms with van der Waals surface area (Å²) in [6.07, 6.45) is 0.944. The van der Waals surface area contributed by atoms with Gasteiger partial charge in [-0.2, -0.15) is 0 Å². The Morgan fingerprint density at radius 3 is 1.75 bits per heavy atom. The summed E-state index contributed by atoms with van der Waals surface area (Å²) < 4.78 is 13.2. The van der Waals surface area contributed by atoms with Gasteiger partial charge in [0.25, 0.3) is 0 Å². The van der Waals surface area contributed by atoms with Gasteiger partial charge in [-0.3, -0.25) is 0 Å². The highest BCUT2D eigenvalue weighted by molar-refractivity contribution is 4.84. The molecule has 0 aromatic rings. The average molecular weight is 235 g/mol. The normalized spacial score (nSPS) is 19.3. The summed E-state index contributed by atoms with van der Waals surface area (Å²) in [6.45, 7) is 11.7. The first-order valence-electron chi connectivity index (χ1n) is 6.38. The highest BCUT2D eigenvalue weighted by atomic mass is 19.1. The van der Waals surface area contributed by atoms with Crippen LogP contribution in [0.5, 0.6) is 0 Å². The molecule has 1 aliphatic rings. The number of alkyl halides is 1. The molecule has 0 aromatic heterocycles. The van der Waals surface area contributed by atoms with E-state index in [-0.39, 0.29) is 6.61 Å². The lowest BCUT2D eigenvalue weighted by molar-refractivity contribution is 0.0152. The maximum absolute atomic E-state index is 13.2. The third kappa shape index (κ3) is 10.4. The van der Waals surface area contributed by atoms with E-state index in [0.29, 0.717) is 12.8 Å². The predicted molar refractivity (Wildman–Crippen MR) is 69.5 cm³/mol. The molecule has 0 radical (unpaired) electrons. The highest BCUT2D eigenvalue weighted by Gasteiger charge is 2.32. The summed E-state index contributed by atoms with van der Waals surface area (Å²) in [5, 5.41) is 8.64. The lowest BCUT2D eigenvalue weighted by Crippen LogP contribution is -2.41. The predicted octanol–water partition coefficient (Wildman–Crippen LogP) is 3.10. The first-order valence-corrected chi connectivity index (χ1v) is 6.38. The quantitative estimate of drug-likeness (QED) is 0.755. The van der Waals surface area contributed by atoms with Crippen LogP contribution in [0, 0.1) is 5.92 Å². The Hall–Kier alpha value is -0.150. The second kappa shape index (κ2) is 10.0. The molecule has 0 saturated carbocycles. The third-order valence-electron chi connectivity index (χ3n) is 2.17. The van der Waals surface area contributed by atoms with Gasteiger partial charge in [-0.1, -0.05) is 34.6 Å². The molecule has 2 nitrogen and oxygen atoms in total. The van der Waals surface area contributed by atoms with E-state index in [1.165, 1.54) is 0 Å².